The van der Waals surface area contributed by atoms with Crippen LogP contribution in [0.25, 0.3) is 0 Å². The second-order valence-electron chi connectivity index (χ2n) is 6.43. The van der Waals surface area contributed by atoms with Crippen LogP contribution >= 0.6 is 11.3 Å². The van der Waals surface area contributed by atoms with E-state index in [1.807, 2.05) is 29.3 Å². The number of hydrogen-bond acceptors (Lipinski definition) is 4. The highest BCUT2D eigenvalue weighted by Gasteiger charge is 2.47. The smallest absolute Gasteiger partial charge is 0.272 e. The van der Waals surface area contributed by atoms with E-state index < -0.39 is 0 Å². The summed E-state index contributed by atoms with van der Waals surface area (Å²) in [7, 11) is 0. The number of likely N-dealkylation sites (tertiary alicyclic amines) is 1. The maximum Gasteiger partial charge on any atom is 0.272 e. The van der Waals surface area contributed by atoms with Crippen LogP contribution in [0, 0.1) is 5.92 Å². The monoisotopic (exact) mass is 344 g/mol. The molecule has 3 unspecified atom stereocenters. The quantitative estimate of drug-likeness (QED) is 0.922. The van der Waals surface area contributed by atoms with Crippen LogP contribution < -0.4 is 5.32 Å². The minimum absolute atomic E-state index is 0.00415. The van der Waals surface area contributed by atoms with Crippen LogP contribution in [0.3, 0.4) is 0 Å². The molecule has 0 spiro atoms. The zero-order valence-electron chi connectivity index (χ0n) is 13.5. The molecule has 0 radical (unpaired) electrons. The van der Waals surface area contributed by atoms with Gasteiger partial charge in [-0.2, -0.15) is 5.10 Å². The number of aryl methyl sites for hydroxylation is 1. The van der Waals surface area contributed by atoms with Crippen molar-refractivity contribution in [2.24, 2.45) is 5.92 Å². The largest absolute Gasteiger partial charge is 0.348 e. The second kappa shape index (κ2) is 6.05. The molecule has 2 bridgehead atoms. The lowest BCUT2D eigenvalue weighted by Crippen LogP contribution is -2.48. The van der Waals surface area contributed by atoms with Crippen molar-refractivity contribution >= 4 is 23.2 Å². The minimum atomic E-state index is 0.00415. The molecule has 3 heterocycles. The number of nitrogens with zero attached hydrogens (tertiary/aromatic N) is 3. The molecule has 4 rings (SSSR count). The summed E-state index contributed by atoms with van der Waals surface area (Å²) in [5, 5.41) is 9.24. The van der Waals surface area contributed by atoms with E-state index in [9.17, 15) is 9.59 Å². The van der Waals surface area contributed by atoms with Gasteiger partial charge in [-0.3, -0.25) is 14.3 Å². The number of rotatable bonds is 4. The standard InChI is InChI=1S/C17H20N4O2S/c1-2-21-14(5-6-18-21)17(23)20-10-11-8-12(20)9-13(11)19-16(22)15-4-3-7-24-15/h3-7,11-13H,2,8-10H2,1H3,(H,19,22). The molecule has 3 atom stereocenters. The van der Waals surface area contributed by atoms with E-state index in [-0.39, 0.29) is 23.9 Å². The predicted molar refractivity (Wildman–Crippen MR) is 91.0 cm³/mol. The molecular formula is C17H20N4O2S. The summed E-state index contributed by atoms with van der Waals surface area (Å²) in [5.41, 5.74) is 0.657. The number of nitrogens with one attached hydrogen (secondary N) is 1. The molecule has 1 aliphatic heterocycles. The van der Waals surface area contributed by atoms with Gasteiger partial charge in [0.1, 0.15) is 5.69 Å². The molecule has 6 nitrogen and oxygen atoms in total. The van der Waals surface area contributed by atoms with Crippen LogP contribution in [0.1, 0.15) is 39.9 Å². The Morgan fingerprint density at radius 1 is 1.38 bits per heavy atom. The van der Waals surface area contributed by atoms with Crippen LogP contribution in [0.4, 0.5) is 0 Å². The van der Waals surface area contributed by atoms with E-state index in [1.54, 1.807) is 16.9 Å². The molecule has 126 valence electrons. The Morgan fingerprint density at radius 2 is 2.25 bits per heavy atom. The van der Waals surface area contributed by atoms with Gasteiger partial charge in [-0.25, -0.2) is 0 Å². The number of amides is 2. The zero-order valence-corrected chi connectivity index (χ0v) is 14.3. The highest BCUT2D eigenvalue weighted by Crippen LogP contribution is 2.38. The van der Waals surface area contributed by atoms with Crippen LogP contribution in [0.15, 0.2) is 29.8 Å². The lowest BCUT2D eigenvalue weighted by atomic mass is 10.0. The van der Waals surface area contributed by atoms with Gasteiger partial charge in [0, 0.05) is 31.4 Å². The SMILES string of the molecule is CCn1nccc1C(=O)N1CC2CC1CC2NC(=O)c1cccs1. The first-order valence-electron chi connectivity index (χ1n) is 8.34. The van der Waals surface area contributed by atoms with Crippen molar-refractivity contribution in [3.05, 3.63) is 40.3 Å². The Morgan fingerprint density at radius 3 is 2.92 bits per heavy atom. The second-order valence-corrected chi connectivity index (χ2v) is 7.38. The summed E-state index contributed by atoms with van der Waals surface area (Å²) in [6.07, 6.45) is 3.49. The Labute approximate surface area is 144 Å². The zero-order chi connectivity index (χ0) is 16.7. The lowest BCUT2D eigenvalue weighted by molar-refractivity contribution is 0.0668. The summed E-state index contributed by atoms with van der Waals surface area (Å²) >= 11 is 1.46. The molecule has 1 aliphatic carbocycles. The van der Waals surface area contributed by atoms with Gasteiger partial charge in [0.15, 0.2) is 0 Å². The van der Waals surface area contributed by atoms with E-state index in [1.165, 1.54) is 11.3 Å². The van der Waals surface area contributed by atoms with Crippen molar-refractivity contribution in [2.45, 2.75) is 38.4 Å². The van der Waals surface area contributed by atoms with Crippen molar-refractivity contribution in [2.75, 3.05) is 6.54 Å². The lowest BCUT2D eigenvalue weighted by Gasteiger charge is -2.32. The van der Waals surface area contributed by atoms with Crippen LogP contribution in [-0.2, 0) is 6.54 Å². The van der Waals surface area contributed by atoms with Gasteiger partial charge in [0.25, 0.3) is 11.8 Å². The van der Waals surface area contributed by atoms with Crippen molar-refractivity contribution in [1.29, 1.82) is 0 Å². The van der Waals surface area contributed by atoms with Crippen molar-refractivity contribution < 1.29 is 9.59 Å². The van der Waals surface area contributed by atoms with Gasteiger partial charge >= 0.3 is 0 Å². The third-order valence-electron chi connectivity index (χ3n) is 5.10. The third kappa shape index (κ3) is 2.53. The number of piperidine rings is 1. The Kier molecular flexibility index (Phi) is 3.88. The first kappa shape index (κ1) is 15.4. The van der Waals surface area contributed by atoms with Crippen LogP contribution in [0.5, 0.6) is 0 Å². The average molecular weight is 344 g/mol. The molecule has 7 heteroatoms. The summed E-state index contributed by atoms with van der Waals surface area (Å²) in [6.45, 7) is 3.39. The number of hydrogen-bond donors (Lipinski definition) is 1. The van der Waals surface area contributed by atoms with Crippen molar-refractivity contribution in [1.82, 2.24) is 20.0 Å². The summed E-state index contributed by atoms with van der Waals surface area (Å²) < 4.78 is 1.74. The van der Waals surface area contributed by atoms with E-state index >= 15 is 0 Å². The molecule has 2 amide bonds. The molecule has 1 saturated heterocycles. The molecule has 1 N–H and O–H groups in total. The highest BCUT2D eigenvalue weighted by atomic mass is 32.1. The Bertz CT molecular complexity index is 754. The van der Waals surface area contributed by atoms with E-state index in [4.69, 9.17) is 0 Å². The fraction of sp³-hybridized carbons (Fsp3) is 0.471. The summed E-state index contributed by atoms with van der Waals surface area (Å²) in [6, 6.07) is 5.90. The highest BCUT2D eigenvalue weighted by molar-refractivity contribution is 7.12. The van der Waals surface area contributed by atoms with Crippen LogP contribution in [0.2, 0.25) is 0 Å². The van der Waals surface area contributed by atoms with Gasteiger partial charge in [0.05, 0.1) is 4.88 Å². The fourth-order valence-electron chi connectivity index (χ4n) is 3.94. The van der Waals surface area contributed by atoms with Gasteiger partial charge in [-0.1, -0.05) is 6.07 Å². The van der Waals surface area contributed by atoms with Gasteiger partial charge in [-0.05, 0) is 43.2 Å². The molecule has 2 aromatic heterocycles. The van der Waals surface area contributed by atoms with Crippen molar-refractivity contribution in [3.63, 3.8) is 0 Å². The molecule has 1 saturated carbocycles. The van der Waals surface area contributed by atoms with Gasteiger partial charge in [-0.15, -0.1) is 11.3 Å². The van der Waals surface area contributed by atoms with Gasteiger partial charge in [0.2, 0.25) is 0 Å². The van der Waals surface area contributed by atoms with Gasteiger partial charge < -0.3 is 10.2 Å². The maximum atomic E-state index is 12.8. The predicted octanol–water partition coefficient (Wildman–Crippen LogP) is 2.00. The molecule has 2 aliphatic rings. The first-order valence-corrected chi connectivity index (χ1v) is 9.22. The third-order valence-corrected chi connectivity index (χ3v) is 5.97. The average Bonchev–Trinajstić information content (AvgIpc) is 3.36. The molecule has 24 heavy (non-hydrogen) atoms. The normalized spacial score (nSPS) is 25.2. The molecular weight excluding hydrogens is 324 g/mol. The van der Waals surface area contributed by atoms with E-state index in [0.29, 0.717) is 24.7 Å². The summed E-state index contributed by atoms with van der Waals surface area (Å²) in [5.74, 6) is 0.412. The van der Waals surface area contributed by atoms with E-state index in [2.05, 4.69) is 10.4 Å². The fourth-order valence-corrected chi connectivity index (χ4v) is 4.57. The number of aromatic nitrogens is 2. The Balaban J connectivity index is 1.41. The maximum absolute atomic E-state index is 12.8. The number of carbonyl (C=O) groups excluding carboxylic acids is 2. The topological polar surface area (TPSA) is 67.2 Å². The molecule has 2 fully saturated rings. The Hall–Kier alpha value is -2.15. The first-order chi connectivity index (χ1) is 11.7. The molecule has 0 aromatic carbocycles. The minimum Gasteiger partial charge on any atom is -0.348 e. The van der Waals surface area contributed by atoms with Crippen LogP contribution in [-0.4, -0.2) is 45.1 Å². The number of fused-ring (bicyclic) bond motifs is 2. The van der Waals surface area contributed by atoms with E-state index in [0.717, 1.165) is 17.7 Å². The molecule has 2 aromatic rings. The number of thiophene rings is 1. The summed E-state index contributed by atoms with van der Waals surface area (Å²) in [4.78, 5) is 27.7. The van der Waals surface area contributed by atoms with Crippen molar-refractivity contribution in [3.8, 4) is 0 Å². The number of carbonyl (C=O) groups is 2.